The number of thiazole rings is 1. The maximum Gasteiger partial charge on any atom is 0.140 e. The molecule has 3 heterocycles. The molecule has 38 heavy (non-hydrogen) atoms. The smallest absolute Gasteiger partial charge is 0.140 e. The maximum atomic E-state index is 13.5. The molecule has 3 aromatic carbocycles. The van der Waals surface area contributed by atoms with Gasteiger partial charge in [-0.15, -0.1) is 23.7 Å². The zero-order valence-electron chi connectivity index (χ0n) is 20.7. The van der Waals surface area contributed by atoms with Gasteiger partial charge in [0.1, 0.15) is 40.6 Å². The van der Waals surface area contributed by atoms with E-state index in [4.69, 9.17) is 9.47 Å². The summed E-state index contributed by atoms with van der Waals surface area (Å²) in [5.41, 5.74) is 5.57. The summed E-state index contributed by atoms with van der Waals surface area (Å²) in [6, 6.07) is 22.8. The maximum absolute atomic E-state index is 13.5. The van der Waals surface area contributed by atoms with E-state index < -0.39 is 0 Å². The van der Waals surface area contributed by atoms with Crippen molar-refractivity contribution in [1.82, 2.24) is 19.5 Å². The summed E-state index contributed by atoms with van der Waals surface area (Å²) < 4.78 is 28.5. The number of aryl methyl sites for hydroxylation is 1. The molecule has 9 heteroatoms. The molecule has 6 rings (SSSR count). The summed E-state index contributed by atoms with van der Waals surface area (Å²) in [7, 11) is 1.70. The van der Waals surface area contributed by atoms with Crippen molar-refractivity contribution in [3.05, 3.63) is 113 Å². The number of halogens is 2. The number of nitrogens with zero attached hydrogens (tertiary/aromatic N) is 4. The molecule has 0 aliphatic heterocycles. The third kappa shape index (κ3) is 4.98. The molecule has 0 fully saturated rings. The van der Waals surface area contributed by atoms with E-state index in [0.717, 1.165) is 49.1 Å². The molecule has 0 aliphatic carbocycles. The van der Waals surface area contributed by atoms with E-state index in [2.05, 4.69) is 43.8 Å². The number of imidazole rings is 1. The number of methoxy groups -OCH3 is 1. The van der Waals surface area contributed by atoms with Gasteiger partial charge in [0.2, 0.25) is 0 Å². The van der Waals surface area contributed by atoms with E-state index in [-0.39, 0.29) is 24.3 Å². The second-order valence-electron chi connectivity index (χ2n) is 8.65. The quantitative estimate of drug-likeness (QED) is 0.212. The Labute approximate surface area is 229 Å². The molecule has 0 amide bonds. The van der Waals surface area contributed by atoms with Crippen molar-refractivity contribution < 1.29 is 13.9 Å². The molecule has 1 atom stereocenters. The van der Waals surface area contributed by atoms with Crippen molar-refractivity contribution in [3.8, 4) is 11.4 Å². The first-order valence-corrected chi connectivity index (χ1v) is 12.6. The fourth-order valence-electron chi connectivity index (χ4n) is 4.56. The summed E-state index contributed by atoms with van der Waals surface area (Å²) in [6.45, 7) is 2.30. The molecule has 1 unspecified atom stereocenters. The molecule has 0 spiro atoms. The van der Waals surface area contributed by atoms with Crippen molar-refractivity contribution in [2.75, 3.05) is 7.11 Å². The van der Waals surface area contributed by atoms with Gasteiger partial charge in [0.25, 0.3) is 0 Å². The second-order valence-corrected chi connectivity index (χ2v) is 9.76. The number of benzene rings is 3. The topological polar surface area (TPSA) is 62.1 Å². The second kappa shape index (κ2) is 10.9. The van der Waals surface area contributed by atoms with Crippen LogP contribution in [0, 0.1) is 12.7 Å². The van der Waals surface area contributed by atoms with Crippen LogP contribution in [-0.4, -0.2) is 26.6 Å². The van der Waals surface area contributed by atoms with Crippen molar-refractivity contribution in [2.45, 2.75) is 19.6 Å². The number of hydrogen-bond donors (Lipinski definition) is 0. The van der Waals surface area contributed by atoms with Gasteiger partial charge in [-0.25, -0.2) is 14.4 Å². The van der Waals surface area contributed by atoms with Gasteiger partial charge < -0.3 is 9.47 Å². The Kier molecular flexibility index (Phi) is 7.37. The highest BCUT2D eigenvalue weighted by molar-refractivity contribution is 7.18. The summed E-state index contributed by atoms with van der Waals surface area (Å²) >= 11 is 1.50. The predicted molar refractivity (Wildman–Crippen MR) is 150 cm³/mol. The highest BCUT2D eigenvalue weighted by atomic mass is 35.5. The van der Waals surface area contributed by atoms with Gasteiger partial charge in [0.15, 0.2) is 0 Å². The fourth-order valence-corrected chi connectivity index (χ4v) is 5.42. The molecule has 0 N–H and O–H groups in total. The zero-order chi connectivity index (χ0) is 25.4. The van der Waals surface area contributed by atoms with Crippen molar-refractivity contribution >= 4 is 45.0 Å². The summed E-state index contributed by atoms with van der Waals surface area (Å²) in [6.07, 6.45) is 3.30. The molecule has 3 aromatic heterocycles. The third-order valence-corrected chi connectivity index (χ3v) is 7.24. The highest BCUT2D eigenvalue weighted by Crippen LogP contribution is 2.30. The zero-order valence-corrected chi connectivity index (χ0v) is 22.3. The lowest BCUT2D eigenvalue weighted by Gasteiger charge is -2.18. The van der Waals surface area contributed by atoms with Crippen molar-refractivity contribution in [1.29, 1.82) is 0 Å². The largest absolute Gasteiger partial charge is 0.486 e. The average Bonchev–Trinajstić information content (AvgIpc) is 3.48. The van der Waals surface area contributed by atoms with Crippen LogP contribution in [0.4, 0.5) is 4.39 Å². The Morgan fingerprint density at radius 2 is 1.79 bits per heavy atom. The molecule has 192 valence electrons. The van der Waals surface area contributed by atoms with Crippen molar-refractivity contribution in [3.63, 3.8) is 0 Å². The summed E-state index contributed by atoms with van der Waals surface area (Å²) in [4.78, 5) is 13.3. The van der Waals surface area contributed by atoms with Crippen LogP contribution in [-0.2, 0) is 11.3 Å². The Hall–Kier alpha value is -3.85. The highest BCUT2D eigenvalue weighted by Gasteiger charge is 2.16. The summed E-state index contributed by atoms with van der Waals surface area (Å²) in [5.74, 6) is 1.33. The van der Waals surface area contributed by atoms with Crippen LogP contribution < -0.4 is 4.74 Å². The molecular formula is C29H24ClFN4O2S. The number of hydrogen-bond acceptors (Lipinski definition) is 6. The predicted octanol–water partition coefficient (Wildman–Crippen LogP) is 7.21. The SMILES string of the molecule is COC(c1ccc(-n2c(C)nc3cnccc32)cc1)c1cccc(OCc2nc3cc(F)ccc3s2)c1.Cl. The number of aromatic nitrogens is 4. The number of fused-ring (bicyclic) bond motifs is 2. The summed E-state index contributed by atoms with van der Waals surface area (Å²) in [5, 5.41) is 0.794. The van der Waals surface area contributed by atoms with E-state index in [1.807, 2.05) is 37.3 Å². The van der Waals surface area contributed by atoms with E-state index in [1.165, 1.54) is 23.5 Å². The van der Waals surface area contributed by atoms with Gasteiger partial charge in [0, 0.05) is 25.1 Å². The lowest BCUT2D eigenvalue weighted by atomic mass is 10.0. The molecule has 0 saturated carbocycles. The lowest BCUT2D eigenvalue weighted by molar-refractivity contribution is 0.136. The molecule has 0 saturated heterocycles. The monoisotopic (exact) mass is 546 g/mol. The van der Waals surface area contributed by atoms with Crippen LogP contribution in [0.3, 0.4) is 0 Å². The van der Waals surface area contributed by atoms with E-state index in [1.54, 1.807) is 25.6 Å². The minimum atomic E-state index is -0.289. The first-order valence-electron chi connectivity index (χ1n) is 11.8. The number of pyridine rings is 1. The van der Waals surface area contributed by atoms with Crippen LogP contribution in [0.15, 0.2) is 85.2 Å². The Balaban J connectivity index is 0.00000294. The van der Waals surface area contributed by atoms with Gasteiger partial charge in [-0.1, -0.05) is 24.3 Å². The van der Waals surface area contributed by atoms with Gasteiger partial charge >= 0.3 is 0 Å². The van der Waals surface area contributed by atoms with Crippen LogP contribution in [0.25, 0.3) is 26.9 Å². The minimum Gasteiger partial charge on any atom is -0.486 e. The molecule has 0 bridgehead atoms. The Morgan fingerprint density at radius 3 is 2.61 bits per heavy atom. The van der Waals surface area contributed by atoms with Gasteiger partial charge in [-0.05, 0) is 60.5 Å². The fraction of sp³-hybridized carbons (Fsp3) is 0.138. The average molecular weight is 547 g/mol. The molecule has 0 radical (unpaired) electrons. The van der Waals surface area contributed by atoms with Gasteiger partial charge in [-0.2, -0.15) is 0 Å². The molecule has 6 nitrogen and oxygen atoms in total. The minimum absolute atomic E-state index is 0. The van der Waals surface area contributed by atoms with E-state index in [9.17, 15) is 4.39 Å². The van der Waals surface area contributed by atoms with Crippen molar-refractivity contribution in [2.24, 2.45) is 0 Å². The first-order chi connectivity index (χ1) is 18.1. The first kappa shape index (κ1) is 25.8. The Bertz CT molecular complexity index is 1720. The van der Waals surface area contributed by atoms with Crippen LogP contribution >= 0.6 is 23.7 Å². The van der Waals surface area contributed by atoms with Crippen LogP contribution in [0.5, 0.6) is 5.75 Å². The van der Waals surface area contributed by atoms with E-state index >= 15 is 0 Å². The molecular weight excluding hydrogens is 523 g/mol. The number of ether oxygens (including phenoxy) is 2. The Morgan fingerprint density at radius 1 is 0.947 bits per heavy atom. The standard InChI is InChI=1S/C29H23FN4O2S.ClH/c1-18-32-25-16-31-13-12-26(25)34(18)22-9-6-19(7-10-22)29(35-2)20-4-3-5-23(14-20)36-17-28-33-24-15-21(30)8-11-27(24)37-28;/h3-16,29H,17H2,1-2H3;1H. The van der Waals surface area contributed by atoms with E-state index in [0.29, 0.717) is 12.1 Å². The van der Waals surface area contributed by atoms with Crippen LogP contribution in [0.2, 0.25) is 0 Å². The molecule has 0 aliphatic rings. The van der Waals surface area contributed by atoms with Crippen LogP contribution in [0.1, 0.15) is 28.1 Å². The van der Waals surface area contributed by atoms with Gasteiger partial charge in [0.05, 0.1) is 21.9 Å². The molecule has 6 aromatic rings. The number of rotatable bonds is 7. The van der Waals surface area contributed by atoms with Gasteiger partial charge in [-0.3, -0.25) is 9.55 Å². The third-order valence-electron chi connectivity index (χ3n) is 6.23. The normalized spacial score (nSPS) is 12.0. The lowest BCUT2D eigenvalue weighted by Crippen LogP contribution is -2.05.